The Balaban J connectivity index is 1.81. The van der Waals surface area contributed by atoms with E-state index in [-0.39, 0.29) is 10.0 Å². The van der Waals surface area contributed by atoms with E-state index in [2.05, 4.69) is 53.2 Å². The molecule has 0 atom stereocenters. The summed E-state index contributed by atoms with van der Waals surface area (Å²) in [5.41, 5.74) is 6.07. The van der Waals surface area contributed by atoms with E-state index in [0.29, 0.717) is 11.3 Å². The number of benzene rings is 1. The molecular formula is C33H52N5O4S3+. The molecule has 0 amide bonds. The van der Waals surface area contributed by atoms with Gasteiger partial charge in [-0.25, -0.2) is 22.0 Å². The number of sulfonamides is 2. The predicted molar refractivity (Wildman–Crippen MR) is 183 cm³/mol. The molecule has 3 rings (SSSR count). The lowest BCUT2D eigenvalue weighted by Crippen LogP contribution is -2.40. The van der Waals surface area contributed by atoms with E-state index in [1.54, 1.807) is 12.1 Å². The first-order valence-electron chi connectivity index (χ1n) is 16.5. The van der Waals surface area contributed by atoms with Crippen LogP contribution in [-0.2, 0) is 32.9 Å². The number of nitrogens with two attached hydrogens (primary N) is 1. The predicted octanol–water partition coefficient (Wildman–Crippen LogP) is 7.47. The van der Waals surface area contributed by atoms with Crippen molar-refractivity contribution in [2.45, 2.75) is 140 Å². The molecule has 250 valence electrons. The van der Waals surface area contributed by atoms with Crippen LogP contribution in [0.3, 0.4) is 0 Å². The van der Waals surface area contributed by atoms with Gasteiger partial charge in [0.15, 0.2) is 11.4 Å². The lowest BCUT2D eigenvalue weighted by molar-refractivity contribution is -0.611. The molecule has 0 radical (unpaired) electrons. The van der Waals surface area contributed by atoms with Crippen LogP contribution in [0.15, 0.2) is 39.6 Å². The Morgan fingerprint density at radius 1 is 0.756 bits per heavy atom. The number of primary sulfonamides is 1. The Hall–Kier alpha value is -2.41. The Morgan fingerprint density at radius 2 is 1.29 bits per heavy atom. The average molecular weight is 679 g/mol. The van der Waals surface area contributed by atoms with Gasteiger partial charge < -0.3 is 0 Å². The van der Waals surface area contributed by atoms with Crippen LogP contribution in [0.5, 0.6) is 0 Å². The van der Waals surface area contributed by atoms with Crippen molar-refractivity contribution in [1.29, 1.82) is 0 Å². The molecule has 2 heterocycles. The highest BCUT2D eigenvalue weighted by Gasteiger charge is 2.25. The monoisotopic (exact) mass is 678 g/mol. The molecule has 0 fully saturated rings. The zero-order valence-electron chi connectivity index (χ0n) is 27.5. The molecule has 0 aliphatic rings. The van der Waals surface area contributed by atoms with E-state index in [1.807, 2.05) is 12.1 Å². The molecule has 2 aromatic heterocycles. The third-order valence-corrected chi connectivity index (χ3v) is 11.9. The molecule has 12 heteroatoms. The molecule has 3 aromatic rings. The number of nitrogens with one attached hydrogen (secondary N) is 1. The fourth-order valence-corrected chi connectivity index (χ4v) is 8.31. The minimum atomic E-state index is -4.07. The number of pyridine rings is 1. The minimum absolute atomic E-state index is 0.0396. The second-order valence-corrected chi connectivity index (χ2v) is 16.4. The van der Waals surface area contributed by atoms with Gasteiger partial charge in [0.2, 0.25) is 15.2 Å². The fraction of sp³-hybridized carbons (Fsp3) is 0.606. The van der Waals surface area contributed by atoms with Crippen LogP contribution in [0, 0.1) is 13.8 Å². The second kappa shape index (κ2) is 18.1. The number of hydrogen-bond donors (Lipinski definition) is 2. The van der Waals surface area contributed by atoms with Gasteiger partial charge in [-0.15, -0.1) is 10.2 Å². The van der Waals surface area contributed by atoms with E-state index in [9.17, 15) is 16.8 Å². The van der Waals surface area contributed by atoms with Gasteiger partial charge in [0.05, 0.1) is 4.90 Å². The quantitative estimate of drug-likeness (QED) is 0.0887. The number of anilines is 1. The van der Waals surface area contributed by atoms with Crippen LogP contribution in [0.2, 0.25) is 0 Å². The lowest BCUT2D eigenvalue weighted by Gasteiger charge is -2.14. The molecule has 3 N–H and O–H groups in total. The number of rotatable bonds is 21. The number of unbranched alkanes of at least 4 members (excludes halogenated alkanes) is 12. The summed E-state index contributed by atoms with van der Waals surface area (Å²) in [6, 6.07) is 9.06. The Morgan fingerprint density at radius 3 is 1.82 bits per heavy atom. The van der Waals surface area contributed by atoms with E-state index in [4.69, 9.17) is 5.14 Å². The van der Waals surface area contributed by atoms with Crippen LogP contribution in [0.1, 0.15) is 126 Å². The molecule has 0 spiro atoms. The molecule has 0 saturated heterocycles. The van der Waals surface area contributed by atoms with Gasteiger partial charge in [-0.2, -0.15) is 4.57 Å². The summed E-state index contributed by atoms with van der Waals surface area (Å²) >= 11 is 0.564. The van der Waals surface area contributed by atoms with Gasteiger partial charge in [0.25, 0.3) is 20.0 Å². The third kappa shape index (κ3) is 11.4. The summed E-state index contributed by atoms with van der Waals surface area (Å²) in [7, 11) is -8.09. The number of hydrogen-bond acceptors (Lipinski definition) is 7. The average Bonchev–Trinajstić information content (AvgIpc) is 3.47. The highest BCUT2D eigenvalue weighted by atomic mass is 32.2. The lowest BCUT2D eigenvalue weighted by atomic mass is 9.96. The molecule has 0 unspecified atom stereocenters. The standard InChI is InChI=1S/C33H52N5O4S3/c1-5-7-9-11-13-15-17-19-28-25-26(3)38(31(27(28)4)20-18-16-14-12-10-8-6-2)29-21-23-30(24-22-29)45(41,42)37-32-35-36-33(43-32)44(34,39)40/h21-25H,5-20H2,1-4H3,(H,35,37)(H2,34,39,40)/q+1. The Bertz CT molecular complexity index is 1570. The Kier molecular flexibility index (Phi) is 14.9. The van der Waals surface area contributed by atoms with E-state index >= 15 is 0 Å². The maximum absolute atomic E-state index is 13.0. The zero-order valence-corrected chi connectivity index (χ0v) is 29.9. The van der Waals surface area contributed by atoms with Crippen LogP contribution in [0.25, 0.3) is 5.69 Å². The van der Waals surface area contributed by atoms with Crippen molar-refractivity contribution in [3.05, 3.63) is 52.8 Å². The SMILES string of the molecule is CCCCCCCCCc1cc(C)[n+](-c2ccc(S(=O)(=O)Nc3nnc(S(N)(=O)=O)s3)cc2)c(CCCCCCCCC)c1C. The van der Waals surface area contributed by atoms with E-state index in [0.717, 1.165) is 30.6 Å². The molecule has 0 bridgehead atoms. The number of aromatic nitrogens is 3. The molecule has 1 aromatic carbocycles. The van der Waals surface area contributed by atoms with E-state index < -0.39 is 24.4 Å². The molecule has 0 aliphatic heterocycles. The van der Waals surface area contributed by atoms with Gasteiger partial charge in [-0.1, -0.05) is 102 Å². The van der Waals surface area contributed by atoms with Crippen molar-refractivity contribution in [3.8, 4) is 5.69 Å². The molecular weight excluding hydrogens is 627 g/mol. The highest BCUT2D eigenvalue weighted by Crippen LogP contribution is 2.24. The maximum atomic E-state index is 13.0. The largest absolute Gasteiger partial charge is 0.267 e. The second-order valence-electron chi connectivity index (χ2n) is 12.0. The van der Waals surface area contributed by atoms with Crippen molar-refractivity contribution < 1.29 is 21.4 Å². The highest BCUT2D eigenvalue weighted by molar-refractivity contribution is 7.93. The van der Waals surface area contributed by atoms with Crippen LogP contribution in [0.4, 0.5) is 5.13 Å². The summed E-state index contributed by atoms with van der Waals surface area (Å²) in [5.74, 6) is 0. The smallest absolute Gasteiger partial charge is 0.253 e. The topological polar surface area (TPSA) is 136 Å². The number of aryl methyl sites for hydroxylation is 2. The summed E-state index contributed by atoms with van der Waals surface area (Å²) in [6.07, 6.45) is 19.8. The fourth-order valence-electron chi connectivity index (χ4n) is 5.75. The first-order chi connectivity index (χ1) is 21.5. The van der Waals surface area contributed by atoms with E-state index in [1.165, 1.54) is 100 Å². The molecule has 9 nitrogen and oxygen atoms in total. The van der Waals surface area contributed by atoms with Crippen LogP contribution < -0.4 is 14.4 Å². The Labute approximate surface area is 275 Å². The van der Waals surface area contributed by atoms with Crippen molar-refractivity contribution in [2.24, 2.45) is 5.14 Å². The van der Waals surface area contributed by atoms with Gasteiger partial charge in [-0.05, 0) is 43.9 Å². The van der Waals surface area contributed by atoms with Crippen molar-refractivity contribution in [2.75, 3.05) is 4.72 Å². The zero-order chi connectivity index (χ0) is 32.9. The molecule has 0 saturated carbocycles. The van der Waals surface area contributed by atoms with Crippen molar-refractivity contribution in [1.82, 2.24) is 10.2 Å². The normalized spacial score (nSPS) is 12.1. The van der Waals surface area contributed by atoms with Crippen molar-refractivity contribution in [3.63, 3.8) is 0 Å². The summed E-state index contributed by atoms with van der Waals surface area (Å²) in [6.45, 7) is 8.87. The maximum Gasteiger partial charge on any atom is 0.267 e. The summed E-state index contributed by atoms with van der Waals surface area (Å²) < 4.78 is 53.2. The third-order valence-electron chi connectivity index (χ3n) is 8.26. The van der Waals surface area contributed by atoms with Crippen LogP contribution in [-0.4, -0.2) is 27.0 Å². The van der Waals surface area contributed by atoms with Gasteiger partial charge >= 0.3 is 0 Å². The molecule has 45 heavy (non-hydrogen) atoms. The van der Waals surface area contributed by atoms with Gasteiger partial charge in [-0.3, -0.25) is 4.72 Å². The van der Waals surface area contributed by atoms with Crippen molar-refractivity contribution >= 4 is 36.5 Å². The molecule has 0 aliphatic carbocycles. The van der Waals surface area contributed by atoms with Gasteiger partial charge in [0, 0.05) is 37.1 Å². The van der Waals surface area contributed by atoms with Crippen LogP contribution >= 0.6 is 11.3 Å². The number of nitrogens with zero attached hydrogens (tertiary/aromatic N) is 3. The first-order valence-corrected chi connectivity index (χ1v) is 20.4. The van der Waals surface area contributed by atoms with Gasteiger partial charge in [0.1, 0.15) is 0 Å². The minimum Gasteiger partial charge on any atom is -0.253 e. The summed E-state index contributed by atoms with van der Waals surface area (Å²) in [4.78, 5) is 0.0396. The summed E-state index contributed by atoms with van der Waals surface area (Å²) in [5, 5.41) is 12.0. The first kappa shape index (κ1) is 37.1.